The van der Waals surface area contributed by atoms with E-state index in [2.05, 4.69) is 26.0 Å². The fraction of sp³-hybridized carbons (Fsp3) is 0.435. The maximum atomic E-state index is 12.8. The van der Waals surface area contributed by atoms with E-state index in [0.29, 0.717) is 35.9 Å². The summed E-state index contributed by atoms with van der Waals surface area (Å²) in [5.74, 6) is 0.0241. The fourth-order valence-electron chi connectivity index (χ4n) is 4.32. The Balaban J connectivity index is 1.44. The molecule has 3 heterocycles. The first-order chi connectivity index (χ1) is 16.2. The van der Waals surface area contributed by atoms with Crippen LogP contribution in [0.25, 0.3) is 15.7 Å². The second-order valence-corrected chi connectivity index (χ2v) is 9.43. The lowest BCUT2D eigenvalue weighted by atomic mass is 9.94. The monoisotopic (exact) mass is 490 g/mol. The van der Waals surface area contributed by atoms with Crippen LogP contribution in [0.4, 0.5) is 24.5 Å². The van der Waals surface area contributed by atoms with Gasteiger partial charge in [0, 0.05) is 20.1 Å². The molecule has 0 spiro atoms. The number of ether oxygens (including phenoxy) is 1. The Hall–Kier alpha value is -3.26. The number of piperidine rings is 1. The van der Waals surface area contributed by atoms with E-state index in [-0.39, 0.29) is 16.9 Å². The third-order valence-electron chi connectivity index (χ3n) is 5.85. The van der Waals surface area contributed by atoms with Crippen molar-refractivity contribution in [2.75, 3.05) is 24.5 Å². The highest BCUT2D eigenvalue weighted by Gasteiger charge is 2.31. The molecule has 0 bridgehead atoms. The van der Waals surface area contributed by atoms with Gasteiger partial charge >= 0.3 is 6.36 Å². The maximum Gasteiger partial charge on any atom is 0.573 e. The standard InChI is InChI=1S/C23H23F3N5O2S/c1-14-29-19-20(18(12-27)21(32)30(2)22(19)34-14)31-11-3-4-15(13-31)9-10-28-16-5-7-17(8-6-16)33-23(24,25)26/h5-8,15H,3-4,9-11,13H2,1-2H3/q-1/t15-/m1/s1. The summed E-state index contributed by atoms with van der Waals surface area (Å²) in [6.45, 7) is 3.82. The van der Waals surface area contributed by atoms with Crippen molar-refractivity contribution in [3.05, 3.63) is 50.5 Å². The number of halogens is 3. The van der Waals surface area contributed by atoms with E-state index in [9.17, 15) is 23.2 Å². The smallest absolute Gasteiger partial charge is 0.573 e. The van der Waals surface area contributed by atoms with Crippen LogP contribution in [-0.4, -0.2) is 35.5 Å². The summed E-state index contributed by atoms with van der Waals surface area (Å²) in [7, 11) is 1.66. The molecule has 7 nitrogen and oxygen atoms in total. The molecule has 11 heteroatoms. The van der Waals surface area contributed by atoms with Crippen molar-refractivity contribution >= 4 is 33.1 Å². The van der Waals surface area contributed by atoms with Gasteiger partial charge in [0.05, 0.1) is 10.7 Å². The molecular weight excluding hydrogens is 467 g/mol. The number of nitrogens with zero attached hydrogens (tertiary/aromatic N) is 5. The SMILES string of the molecule is Cc1nc2c(N3CCC[C@H](CC[N-]c4ccc(OC(F)(F)F)cc4)C3)c(C#N)c(=O)n(C)c2s1. The molecule has 1 saturated heterocycles. The zero-order valence-electron chi connectivity index (χ0n) is 18.7. The lowest BCUT2D eigenvalue weighted by Gasteiger charge is -2.36. The van der Waals surface area contributed by atoms with E-state index in [1.807, 2.05) is 6.92 Å². The second kappa shape index (κ2) is 9.54. The lowest BCUT2D eigenvalue weighted by molar-refractivity contribution is -0.274. The Labute approximate surface area is 198 Å². The molecule has 3 aromatic rings. The summed E-state index contributed by atoms with van der Waals surface area (Å²) in [5, 5.41) is 15.0. The van der Waals surface area contributed by atoms with Crippen LogP contribution in [0.2, 0.25) is 0 Å². The molecule has 1 aliphatic rings. The Kier molecular flexibility index (Phi) is 6.70. The largest absolute Gasteiger partial charge is 0.684 e. The van der Waals surface area contributed by atoms with Crippen molar-refractivity contribution in [3.8, 4) is 11.8 Å². The Bertz CT molecular complexity index is 1280. The first-order valence-electron chi connectivity index (χ1n) is 10.8. The highest BCUT2D eigenvalue weighted by atomic mass is 32.1. The summed E-state index contributed by atoms with van der Waals surface area (Å²) in [6.07, 6.45) is -2.03. The number of hydrogen-bond acceptors (Lipinski definition) is 6. The maximum absolute atomic E-state index is 12.8. The van der Waals surface area contributed by atoms with Gasteiger partial charge in [-0.3, -0.25) is 4.79 Å². The van der Waals surface area contributed by atoms with Gasteiger partial charge in [0.2, 0.25) is 0 Å². The van der Waals surface area contributed by atoms with E-state index < -0.39 is 6.36 Å². The molecule has 0 N–H and O–H groups in total. The fourth-order valence-corrected chi connectivity index (χ4v) is 5.19. The van der Waals surface area contributed by atoms with Gasteiger partial charge < -0.3 is 19.5 Å². The quantitative estimate of drug-likeness (QED) is 0.463. The zero-order valence-corrected chi connectivity index (χ0v) is 19.5. The average Bonchev–Trinajstić information content (AvgIpc) is 3.18. The van der Waals surface area contributed by atoms with Gasteiger partial charge in [0.15, 0.2) is 0 Å². The van der Waals surface area contributed by atoms with Crippen LogP contribution in [0.5, 0.6) is 5.75 Å². The van der Waals surface area contributed by atoms with Crippen LogP contribution < -0.4 is 15.2 Å². The Morgan fingerprint density at radius 3 is 2.74 bits per heavy atom. The van der Waals surface area contributed by atoms with Crippen LogP contribution in [0.15, 0.2) is 29.1 Å². The molecule has 1 aromatic carbocycles. The van der Waals surface area contributed by atoms with Gasteiger partial charge in [-0.05, 0) is 37.8 Å². The van der Waals surface area contributed by atoms with Crippen molar-refractivity contribution < 1.29 is 17.9 Å². The predicted octanol–water partition coefficient (Wildman–Crippen LogP) is 5.39. The molecule has 180 valence electrons. The van der Waals surface area contributed by atoms with Gasteiger partial charge in [-0.25, -0.2) is 4.98 Å². The number of fused-ring (bicyclic) bond motifs is 1. The van der Waals surface area contributed by atoms with Gasteiger partial charge in [0.25, 0.3) is 5.56 Å². The number of benzene rings is 1. The molecule has 1 fully saturated rings. The minimum atomic E-state index is -4.72. The number of aromatic nitrogens is 2. The number of aryl methyl sites for hydroxylation is 2. The van der Waals surface area contributed by atoms with Gasteiger partial charge in [0.1, 0.15) is 27.7 Å². The zero-order chi connectivity index (χ0) is 24.5. The Morgan fingerprint density at radius 2 is 2.06 bits per heavy atom. The highest BCUT2D eigenvalue weighted by Crippen LogP contribution is 2.35. The molecule has 1 aliphatic heterocycles. The van der Waals surface area contributed by atoms with E-state index >= 15 is 0 Å². The summed E-state index contributed by atoms with van der Waals surface area (Å²) < 4.78 is 42.2. The first-order valence-corrected chi connectivity index (χ1v) is 11.7. The van der Waals surface area contributed by atoms with E-state index in [1.165, 1.54) is 40.2 Å². The van der Waals surface area contributed by atoms with E-state index in [4.69, 9.17) is 0 Å². The van der Waals surface area contributed by atoms with Crippen molar-refractivity contribution in [1.82, 2.24) is 9.55 Å². The highest BCUT2D eigenvalue weighted by molar-refractivity contribution is 7.18. The van der Waals surface area contributed by atoms with E-state index in [0.717, 1.165) is 35.6 Å². The summed E-state index contributed by atoms with van der Waals surface area (Å²) in [4.78, 5) is 20.3. The first kappa shape index (κ1) is 23.9. The van der Waals surface area contributed by atoms with Gasteiger partial charge in [-0.15, -0.1) is 36.7 Å². The van der Waals surface area contributed by atoms with Gasteiger partial charge in [-0.1, -0.05) is 18.6 Å². The Morgan fingerprint density at radius 1 is 1.32 bits per heavy atom. The molecular formula is C23H23F3N5O2S-. The van der Waals surface area contributed by atoms with Crippen LogP contribution >= 0.6 is 11.3 Å². The molecule has 0 radical (unpaired) electrons. The van der Waals surface area contributed by atoms with Crippen LogP contribution in [0.1, 0.15) is 29.8 Å². The minimum Gasteiger partial charge on any atom is -0.684 e. The number of hydrogen-bond donors (Lipinski definition) is 0. The topological polar surface area (TPSA) is 85.2 Å². The second-order valence-electron chi connectivity index (χ2n) is 8.25. The number of thiazole rings is 1. The number of pyridine rings is 1. The summed E-state index contributed by atoms with van der Waals surface area (Å²) in [6, 6.07) is 7.57. The molecule has 2 aromatic heterocycles. The van der Waals surface area contributed by atoms with Crippen LogP contribution in [0.3, 0.4) is 0 Å². The predicted molar refractivity (Wildman–Crippen MR) is 125 cm³/mol. The molecule has 4 rings (SSSR count). The van der Waals surface area contributed by atoms with E-state index in [1.54, 1.807) is 7.05 Å². The molecule has 0 saturated carbocycles. The lowest BCUT2D eigenvalue weighted by Crippen LogP contribution is -2.38. The third kappa shape index (κ3) is 5.12. The van der Waals surface area contributed by atoms with Crippen molar-refractivity contribution in [2.24, 2.45) is 13.0 Å². The number of anilines is 1. The summed E-state index contributed by atoms with van der Waals surface area (Å²) >= 11 is 1.44. The number of rotatable bonds is 6. The van der Waals surface area contributed by atoms with Crippen LogP contribution in [-0.2, 0) is 7.05 Å². The number of alkyl halides is 3. The average molecular weight is 491 g/mol. The molecule has 0 unspecified atom stereocenters. The molecule has 0 amide bonds. The normalized spacial score (nSPS) is 16.5. The van der Waals surface area contributed by atoms with Gasteiger partial charge in [-0.2, -0.15) is 5.26 Å². The summed E-state index contributed by atoms with van der Waals surface area (Å²) in [5.41, 5.74) is 1.69. The number of nitriles is 1. The van der Waals surface area contributed by atoms with Crippen molar-refractivity contribution in [1.29, 1.82) is 5.26 Å². The van der Waals surface area contributed by atoms with Crippen LogP contribution in [0, 0.1) is 24.2 Å². The van der Waals surface area contributed by atoms with Crippen molar-refractivity contribution in [2.45, 2.75) is 32.5 Å². The third-order valence-corrected chi connectivity index (χ3v) is 6.90. The molecule has 34 heavy (non-hydrogen) atoms. The molecule has 1 atom stereocenters. The van der Waals surface area contributed by atoms with Crippen molar-refractivity contribution in [3.63, 3.8) is 0 Å². The molecule has 0 aliphatic carbocycles. The minimum absolute atomic E-state index is 0.117.